The van der Waals surface area contributed by atoms with Crippen molar-refractivity contribution in [3.63, 3.8) is 0 Å². The van der Waals surface area contributed by atoms with Crippen molar-refractivity contribution in [1.82, 2.24) is 54.0 Å². The molecular formula is C75H48N12O. The molecule has 0 saturated heterocycles. The molecule has 88 heavy (non-hydrogen) atoms. The maximum absolute atomic E-state index is 7.17. The molecule has 414 valence electrons. The van der Waals surface area contributed by atoms with E-state index >= 15 is 0 Å². The summed E-state index contributed by atoms with van der Waals surface area (Å²) in [6.07, 6.45) is 10.4. The number of benzene rings is 10. The van der Waals surface area contributed by atoms with Crippen LogP contribution in [0.15, 0.2) is 271 Å². The molecule has 0 aliphatic rings. The van der Waals surface area contributed by atoms with Crippen LogP contribution in [-0.4, -0.2) is 60.2 Å². The second-order valence-electron chi connectivity index (χ2n) is 21.3. The first kappa shape index (κ1) is 51.4. The Kier molecular flexibility index (Phi) is 12.7. The highest BCUT2D eigenvalue weighted by molar-refractivity contribution is 6.14. The summed E-state index contributed by atoms with van der Waals surface area (Å²) in [5, 5.41) is 5.12. The second-order valence-corrected chi connectivity index (χ2v) is 21.3. The van der Waals surface area contributed by atoms with E-state index in [1.807, 2.05) is 110 Å². The molecule has 0 amide bonds. The van der Waals surface area contributed by atoms with Crippen molar-refractivity contribution in [1.29, 1.82) is 0 Å². The van der Waals surface area contributed by atoms with Gasteiger partial charge < -0.3 is 13.6 Å². The Balaban J connectivity index is 0.788. The zero-order valence-corrected chi connectivity index (χ0v) is 47.3. The molecule has 13 heteroatoms. The summed E-state index contributed by atoms with van der Waals surface area (Å²) < 4.78 is 11.8. The van der Waals surface area contributed by atoms with Gasteiger partial charge in [0.25, 0.3) is 0 Å². The first-order valence-corrected chi connectivity index (χ1v) is 28.9. The maximum Gasteiger partial charge on any atom is 0.163 e. The molecule has 0 atom stereocenters. The van der Waals surface area contributed by atoms with Crippen LogP contribution >= 0.6 is 0 Å². The molecule has 16 rings (SSSR count). The minimum atomic E-state index is 0.579. The number of hydrogen-bond donors (Lipinski definition) is 0. The molecule has 0 fully saturated rings. The Morgan fingerprint density at radius 2 is 0.750 bits per heavy atom. The van der Waals surface area contributed by atoms with E-state index in [-0.39, 0.29) is 0 Å². The minimum Gasteiger partial charge on any atom is -0.455 e. The number of furan rings is 1. The van der Waals surface area contributed by atoms with Crippen LogP contribution in [0.2, 0.25) is 0 Å². The fraction of sp³-hybridized carbons (Fsp3) is 0.0133. The monoisotopic (exact) mass is 1130 g/mol. The molecule has 0 unspecified atom stereocenters. The second kappa shape index (κ2) is 21.8. The third kappa shape index (κ3) is 9.23. The molecule has 0 saturated carbocycles. The van der Waals surface area contributed by atoms with Crippen molar-refractivity contribution >= 4 is 66.9 Å². The van der Waals surface area contributed by atoms with Crippen LogP contribution in [0.25, 0.3) is 163 Å². The Labute approximate surface area is 504 Å². The lowest BCUT2D eigenvalue weighted by Crippen LogP contribution is -1.97. The fourth-order valence-corrected chi connectivity index (χ4v) is 12.0. The van der Waals surface area contributed by atoms with E-state index in [9.17, 15) is 0 Å². The molecule has 0 aliphatic carbocycles. The van der Waals surface area contributed by atoms with Gasteiger partial charge in [0, 0.05) is 101 Å². The van der Waals surface area contributed by atoms with Gasteiger partial charge in [-0.3, -0.25) is 4.99 Å². The molecule has 6 aromatic heterocycles. The maximum atomic E-state index is 7.17. The van der Waals surface area contributed by atoms with E-state index in [0.717, 1.165) is 127 Å². The average molecular weight is 1130 g/mol. The molecule has 0 aliphatic heterocycles. The highest BCUT2D eigenvalue weighted by Gasteiger charge is 2.21. The number of fused-ring (bicyclic) bond motifs is 7. The Morgan fingerprint density at radius 1 is 0.341 bits per heavy atom. The van der Waals surface area contributed by atoms with E-state index in [0.29, 0.717) is 34.9 Å². The normalized spacial score (nSPS) is 11.8. The number of aromatic nitrogens is 11. The van der Waals surface area contributed by atoms with Crippen LogP contribution in [0.3, 0.4) is 0 Å². The predicted molar refractivity (Wildman–Crippen MR) is 352 cm³/mol. The van der Waals surface area contributed by atoms with Crippen molar-refractivity contribution in [2.45, 2.75) is 6.92 Å². The topological polar surface area (TPSA) is 151 Å². The van der Waals surface area contributed by atoms with Gasteiger partial charge in [0.2, 0.25) is 0 Å². The molecule has 0 N–H and O–H groups in total. The molecular weight excluding hydrogens is 1080 g/mol. The van der Waals surface area contributed by atoms with Gasteiger partial charge in [0.1, 0.15) is 30.1 Å². The first-order chi connectivity index (χ1) is 43.6. The van der Waals surface area contributed by atoms with Crippen LogP contribution < -0.4 is 0 Å². The smallest absolute Gasteiger partial charge is 0.163 e. The van der Waals surface area contributed by atoms with Gasteiger partial charge in [-0.25, -0.2) is 44.9 Å². The molecule has 0 radical (unpaired) electrons. The van der Waals surface area contributed by atoms with E-state index in [1.54, 1.807) is 25.2 Å². The molecule has 0 bridgehead atoms. The van der Waals surface area contributed by atoms with Crippen molar-refractivity contribution in [3.05, 3.63) is 267 Å². The van der Waals surface area contributed by atoms with Crippen LogP contribution in [0.1, 0.15) is 12.6 Å². The summed E-state index contributed by atoms with van der Waals surface area (Å²) in [7, 11) is 0. The van der Waals surface area contributed by atoms with Gasteiger partial charge in [-0.05, 0) is 109 Å². The summed E-state index contributed by atoms with van der Waals surface area (Å²) >= 11 is 0. The van der Waals surface area contributed by atoms with E-state index in [1.165, 1.54) is 0 Å². The lowest BCUT2D eigenvalue weighted by Gasteiger charge is -2.12. The number of rotatable bonds is 12. The highest BCUT2D eigenvalue weighted by Crippen LogP contribution is 2.43. The van der Waals surface area contributed by atoms with Gasteiger partial charge in [-0.1, -0.05) is 152 Å². The largest absolute Gasteiger partial charge is 0.455 e. The number of hydrogen-bond acceptors (Lipinski definition) is 11. The van der Waals surface area contributed by atoms with Crippen LogP contribution in [0.5, 0.6) is 0 Å². The number of aliphatic imine (C=N–C) groups is 1. The average Bonchev–Trinajstić information content (AvgIpc) is 1.91. The standard InChI is InChI=1S/C75H48N12O/c1-2-76-37-36-58-41-55-38-52(73-80-44-77-70(83-73)47-16-6-3-7-17-47)30-33-65(55)86(58)56-24-12-22-50(39-56)59-26-14-28-61-62-29-15-27-60(69(62)88-68(59)61)51-23-13-25-57(40-51)87-66-34-31-53(74-81-45-78-71(84-74)48-18-8-4-9-19-48)42-63(66)64-43-54(32-35-67(64)87)75-82-46-79-72(85-75)49-20-10-5-11-21-49/h2-46H,1H3/b37-36-,76-2?. The SMILES string of the molecule is CC=N/C=C\c1cc2cc(-c3ncnc(-c4ccccc4)n3)ccc2n1-c1cccc(-c2cccc3c2oc2c(-c4cccc(-n5c6ccc(-c7ncnc(-c8ccccc8)n7)cc6c6cc(-c7ncnc(-c8ccccc8)n7)ccc65)c4)cccc23)c1. The third-order valence-electron chi connectivity index (χ3n) is 16.0. The molecule has 13 nitrogen and oxygen atoms in total. The molecule has 10 aromatic carbocycles. The quantitative estimate of drug-likeness (QED) is 0.108. The molecule has 16 aromatic rings. The van der Waals surface area contributed by atoms with Gasteiger partial charge in [0.15, 0.2) is 34.9 Å². The number of nitrogens with zero attached hydrogens (tertiary/aromatic N) is 12. The van der Waals surface area contributed by atoms with Crippen molar-refractivity contribution in [2.75, 3.05) is 0 Å². The summed E-state index contributed by atoms with van der Waals surface area (Å²) in [6.45, 7) is 1.91. The number of para-hydroxylation sites is 2. The van der Waals surface area contributed by atoms with Gasteiger partial charge in [-0.2, -0.15) is 0 Å². The molecule has 6 heterocycles. The lowest BCUT2D eigenvalue weighted by molar-refractivity contribution is 0.671. The van der Waals surface area contributed by atoms with E-state index < -0.39 is 0 Å². The van der Waals surface area contributed by atoms with Gasteiger partial charge in [0.05, 0.1) is 16.6 Å². The summed E-state index contributed by atoms with van der Waals surface area (Å²) in [4.78, 5) is 46.7. The minimum absolute atomic E-state index is 0.579. The van der Waals surface area contributed by atoms with Crippen molar-refractivity contribution < 1.29 is 4.42 Å². The summed E-state index contributed by atoms with van der Waals surface area (Å²) in [5.74, 6) is 3.60. The van der Waals surface area contributed by atoms with E-state index in [2.05, 4.69) is 190 Å². The third-order valence-corrected chi connectivity index (χ3v) is 16.0. The zero-order chi connectivity index (χ0) is 58.5. The zero-order valence-electron chi connectivity index (χ0n) is 47.3. The van der Waals surface area contributed by atoms with Crippen molar-refractivity contribution in [2.24, 2.45) is 4.99 Å². The van der Waals surface area contributed by atoms with Crippen LogP contribution in [0, 0.1) is 0 Å². The Hall–Kier alpha value is -12.2. The van der Waals surface area contributed by atoms with Gasteiger partial charge in [-0.15, -0.1) is 0 Å². The fourth-order valence-electron chi connectivity index (χ4n) is 12.0. The molecule has 0 spiro atoms. The van der Waals surface area contributed by atoms with E-state index in [4.69, 9.17) is 19.4 Å². The summed E-state index contributed by atoms with van der Waals surface area (Å²) in [6, 6.07) is 81.4. The summed E-state index contributed by atoms with van der Waals surface area (Å²) in [5.41, 5.74) is 17.0. The van der Waals surface area contributed by atoms with Crippen LogP contribution in [0.4, 0.5) is 0 Å². The van der Waals surface area contributed by atoms with Crippen LogP contribution in [-0.2, 0) is 0 Å². The van der Waals surface area contributed by atoms with Crippen molar-refractivity contribution in [3.8, 4) is 102 Å². The highest BCUT2D eigenvalue weighted by atomic mass is 16.3. The Morgan fingerprint density at radius 3 is 1.22 bits per heavy atom. The van der Waals surface area contributed by atoms with Gasteiger partial charge >= 0.3 is 0 Å². The Bertz CT molecular complexity index is 5280. The lowest BCUT2D eigenvalue weighted by atomic mass is 9.99. The predicted octanol–water partition coefficient (Wildman–Crippen LogP) is 17.6. The first-order valence-electron chi connectivity index (χ1n) is 28.9.